The van der Waals surface area contributed by atoms with Crippen LogP contribution >= 0.6 is 0 Å². The Kier molecular flexibility index (Phi) is 3.33. The first-order valence-electron chi connectivity index (χ1n) is 7.89. The zero-order valence-corrected chi connectivity index (χ0v) is 12.3. The maximum absolute atomic E-state index is 11.8. The molecule has 5 heteroatoms. The molecule has 0 bridgehead atoms. The Morgan fingerprint density at radius 3 is 2.68 bits per heavy atom. The van der Waals surface area contributed by atoms with E-state index < -0.39 is 0 Å². The van der Waals surface area contributed by atoms with Gasteiger partial charge in [0.05, 0.1) is 12.3 Å². The van der Waals surface area contributed by atoms with Crippen LogP contribution in [0.4, 0.5) is 5.82 Å². The molecular weight excluding hydrogens is 278 g/mol. The van der Waals surface area contributed by atoms with Gasteiger partial charge >= 0.3 is 0 Å². The Morgan fingerprint density at radius 1 is 1.14 bits per heavy atom. The number of H-pyrrole nitrogens is 1. The molecule has 1 saturated carbocycles. The van der Waals surface area contributed by atoms with Crippen LogP contribution in [0.25, 0.3) is 0 Å². The molecule has 0 spiro atoms. The van der Waals surface area contributed by atoms with E-state index in [9.17, 15) is 4.79 Å². The second-order valence-corrected chi connectivity index (χ2v) is 6.10. The molecule has 22 heavy (non-hydrogen) atoms. The van der Waals surface area contributed by atoms with Gasteiger partial charge in [-0.3, -0.25) is 9.89 Å². The number of aromatic nitrogens is 2. The zero-order chi connectivity index (χ0) is 14.9. The van der Waals surface area contributed by atoms with Crippen LogP contribution in [0, 0.1) is 0 Å². The van der Waals surface area contributed by atoms with Crippen molar-refractivity contribution in [2.75, 3.05) is 5.32 Å². The minimum Gasteiger partial charge on any atom is -0.490 e. The first kappa shape index (κ1) is 13.4. The number of amides is 1. The van der Waals surface area contributed by atoms with Crippen molar-refractivity contribution in [3.05, 3.63) is 41.6 Å². The predicted molar refractivity (Wildman–Crippen MR) is 83.0 cm³/mol. The van der Waals surface area contributed by atoms with E-state index in [0.29, 0.717) is 18.3 Å². The lowest BCUT2D eigenvalue weighted by atomic mass is 9.87. The maximum Gasteiger partial charge on any atom is 0.226 e. The van der Waals surface area contributed by atoms with Gasteiger partial charge in [0.1, 0.15) is 11.6 Å². The van der Waals surface area contributed by atoms with Crippen molar-refractivity contribution < 1.29 is 9.53 Å². The van der Waals surface area contributed by atoms with Crippen LogP contribution in [0.2, 0.25) is 0 Å². The second kappa shape index (κ2) is 5.48. The van der Waals surface area contributed by atoms with E-state index in [-0.39, 0.29) is 11.8 Å². The fourth-order valence-corrected chi connectivity index (χ4v) is 3.42. The SMILES string of the molecule is O=C1CC(c2ccc(OC3CCCC3)cc2)c2cn[nH]c2N1. The first-order chi connectivity index (χ1) is 10.8. The monoisotopic (exact) mass is 297 g/mol. The number of aromatic amines is 1. The van der Waals surface area contributed by atoms with Crippen LogP contribution < -0.4 is 10.1 Å². The number of nitrogens with one attached hydrogen (secondary N) is 2. The van der Waals surface area contributed by atoms with Crippen LogP contribution in [0.1, 0.15) is 49.1 Å². The summed E-state index contributed by atoms with van der Waals surface area (Å²) in [7, 11) is 0. The fraction of sp³-hybridized carbons (Fsp3) is 0.412. The van der Waals surface area contributed by atoms with Gasteiger partial charge in [-0.25, -0.2) is 0 Å². The molecule has 2 aromatic rings. The molecule has 1 fully saturated rings. The Hall–Kier alpha value is -2.30. The molecule has 0 saturated heterocycles. The number of fused-ring (bicyclic) bond motifs is 1. The number of ether oxygens (including phenoxy) is 1. The van der Waals surface area contributed by atoms with E-state index >= 15 is 0 Å². The standard InChI is InChI=1S/C17H19N3O2/c21-16-9-14(15-10-18-20-17(15)19-16)11-5-7-13(8-6-11)22-12-3-1-2-4-12/h5-8,10,12,14H,1-4,9H2,(H2,18,19,20,21). The molecule has 1 atom stereocenters. The molecule has 0 radical (unpaired) electrons. The average Bonchev–Trinajstić information content (AvgIpc) is 3.18. The third kappa shape index (κ3) is 2.47. The summed E-state index contributed by atoms with van der Waals surface area (Å²) in [6.45, 7) is 0. The Bertz CT molecular complexity index is 671. The Morgan fingerprint density at radius 2 is 1.91 bits per heavy atom. The highest BCUT2D eigenvalue weighted by molar-refractivity contribution is 5.94. The molecule has 5 nitrogen and oxygen atoms in total. The molecule has 1 aliphatic heterocycles. The first-order valence-corrected chi connectivity index (χ1v) is 7.89. The second-order valence-electron chi connectivity index (χ2n) is 6.10. The topological polar surface area (TPSA) is 67.0 Å². The van der Waals surface area contributed by atoms with E-state index in [1.807, 2.05) is 12.1 Å². The summed E-state index contributed by atoms with van der Waals surface area (Å²) in [5, 5.41) is 9.69. The van der Waals surface area contributed by atoms with Crippen LogP contribution in [0.3, 0.4) is 0 Å². The van der Waals surface area contributed by atoms with Crippen molar-refractivity contribution >= 4 is 11.7 Å². The van der Waals surface area contributed by atoms with Gasteiger partial charge < -0.3 is 10.1 Å². The third-order valence-electron chi connectivity index (χ3n) is 4.59. The average molecular weight is 297 g/mol. The summed E-state index contributed by atoms with van der Waals surface area (Å²) in [5.74, 6) is 1.71. The van der Waals surface area contributed by atoms with Crippen LogP contribution in [-0.2, 0) is 4.79 Å². The maximum atomic E-state index is 11.8. The summed E-state index contributed by atoms with van der Waals surface area (Å²) in [6.07, 6.45) is 7.46. The number of hydrogen-bond acceptors (Lipinski definition) is 3. The Labute approximate surface area is 129 Å². The van der Waals surface area contributed by atoms with Gasteiger partial charge in [-0.2, -0.15) is 5.10 Å². The number of carbonyl (C=O) groups is 1. The number of benzene rings is 1. The third-order valence-corrected chi connectivity index (χ3v) is 4.59. The van der Waals surface area contributed by atoms with Crippen molar-refractivity contribution in [1.29, 1.82) is 0 Å². The van der Waals surface area contributed by atoms with E-state index in [2.05, 4.69) is 27.6 Å². The van der Waals surface area contributed by atoms with Crippen molar-refractivity contribution in [1.82, 2.24) is 10.2 Å². The molecule has 2 N–H and O–H groups in total. The van der Waals surface area contributed by atoms with Gasteiger partial charge in [-0.15, -0.1) is 0 Å². The predicted octanol–water partition coefficient (Wildman–Crippen LogP) is 3.21. The quantitative estimate of drug-likeness (QED) is 0.914. The highest BCUT2D eigenvalue weighted by Crippen LogP contribution is 2.36. The molecule has 1 aromatic heterocycles. The molecule has 4 rings (SSSR count). The van der Waals surface area contributed by atoms with Crippen LogP contribution in [0.5, 0.6) is 5.75 Å². The van der Waals surface area contributed by atoms with Crippen molar-refractivity contribution in [2.45, 2.75) is 44.1 Å². The highest BCUT2D eigenvalue weighted by Gasteiger charge is 2.28. The van der Waals surface area contributed by atoms with Gasteiger partial charge in [0.15, 0.2) is 0 Å². The van der Waals surface area contributed by atoms with E-state index in [4.69, 9.17) is 4.74 Å². The Balaban J connectivity index is 1.55. The molecular formula is C17H19N3O2. The highest BCUT2D eigenvalue weighted by atomic mass is 16.5. The zero-order valence-electron chi connectivity index (χ0n) is 12.3. The van der Waals surface area contributed by atoms with Gasteiger partial charge in [0, 0.05) is 17.9 Å². The minimum absolute atomic E-state index is 0.0213. The van der Waals surface area contributed by atoms with Crippen LogP contribution in [-0.4, -0.2) is 22.2 Å². The van der Waals surface area contributed by atoms with Crippen molar-refractivity contribution in [2.24, 2.45) is 0 Å². The summed E-state index contributed by atoms with van der Waals surface area (Å²) < 4.78 is 6.00. The largest absolute Gasteiger partial charge is 0.490 e. The van der Waals surface area contributed by atoms with Crippen LogP contribution in [0.15, 0.2) is 30.5 Å². The van der Waals surface area contributed by atoms with Gasteiger partial charge in [-0.1, -0.05) is 12.1 Å². The molecule has 2 heterocycles. The molecule has 2 aliphatic rings. The number of carbonyl (C=O) groups excluding carboxylic acids is 1. The molecule has 114 valence electrons. The smallest absolute Gasteiger partial charge is 0.226 e. The number of nitrogens with zero attached hydrogens (tertiary/aromatic N) is 1. The molecule has 1 aliphatic carbocycles. The van der Waals surface area contributed by atoms with Gasteiger partial charge in [0.2, 0.25) is 5.91 Å². The molecule has 1 unspecified atom stereocenters. The van der Waals surface area contributed by atoms with E-state index in [1.165, 1.54) is 12.8 Å². The summed E-state index contributed by atoms with van der Waals surface area (Å²) in [5.41, 5.74) is 2.17. The van der Waals surface area contributed by atoms with E-state index in [0.717, 1.165) is 29.7 Å². The summed E-state index contributed by atoms with van der Waals surface area (Å²) in [6, 6.07) is 8.15. The minimum atomic E-state index is 0.0213. The number of rotatable bonds is 3. The normalized spacial score (nSPS) is 21.5. The van der Waals surface area contributed by atoms with Gasteiger partial charge in [0.25, 0.3) is 0 Å². The van der Waals surface area contributed by atoms with Crippen molar-refractivity contribution in [3.8, 4) is 5.75 Å². The number of anilines is 1. The number of hydrogen-bond donors (Lipinski definition) is 2. The van der Waals surface area contributed by atoms with E-state index in [1.54, 1.807) is 6.20 Å². The van der Waals surface area contributed by atoms with Crippen molar-refractivity contribution in [3.63, 3.8) is 0 Å². The fourth-order valence-electron chi connectivity index (χ4n) is 3.42. The molecule has 1 aromatic carbocycles. The lowest BCUT2D eigenvalue weighted by Crippen LogP contribution is -2.22. The van der Waals surface area contributed by atoms with Gasteiger partial charge in [-0.05, 0) is 43.4 Å². The summed E-state index contributed by atoms with van der Waals surface area (Å²) >= 11 is 0. The lowest BCUT2D eigenvalue weighted by molar-refractivity contribution is -0.116. The lowest BCUT2D eigenvalue weighted by Gasteiger charge is -2.22. The molecule has 1 amide bonds. The summed E-state index contributed by atoms with van der Waals surface area (Å²) in [4.78, 5) is 11.8.